The molecule has 4 heterocycles. The van der Waals surface area contributed by atoms with Crippen molar-refractivity contribution in [3.05, 3.63) is 119 Å². The fraction of sp³-hybridized carbons (Fsp3) is 0. The van der Waals surface area contributed by atoms with Gasteiger partial charge in [0, 0.05) is 22.5 Å². The largest absolute Gasteiger partial charge is 0.268 e. The van der Waals surface area contributed by atoms with Gasteiger partial charge < -0.3 is 0 Å². The topological polar surface area (TPSA) is 126 Å². The molecule has 42 heavy (non-hydrogen) atoms. The van der Waals surface area contributed by atoms with Crippen molar-refractivity contribution in [2.24, 2.45) is 0 Å². The van der Waals surface area contributed by atoms with E-state index in [-0.39, 0.29) is 40.0 Å². The predicted octanol–water partition coefficient (Wildman–Crippen LogP) is 4.84. The summed E-state index contributed by atoms with van der Waals surface area (Å²) in [5.74, 6) is -2.99. The third kappa shape index (κ3) is 3.26. The number of aromatic nitrogens is 4. The molecular formula is C32H16N6O4. The summed E-state index contributed by atoms with van der Waals surface area (Å²) >= 11 is 0. The Bertz CT molecular complexity index is 2050. The van der Waals surface area contributed by atoms with Crippen molar-refractivity contribution in [3.8, 4) is 11.4 Å². The van der Waals surface area contributed by atoms with E-state index in [1.54, 1.807) is 60.8 Å². The minimum absolute atomic E-state index is 0.0731. The van der Waals surface area contributed by atoms with Gasteiger partial charge in [0.1, 0.15) is 0 Å². The number of pyridine rings is 1. The zero-order chi connectivity index (χ0) is 28.5. The highest BCUT2D eigenvalue weighted by Gasteiger charge is 2.42. The van der Waals surface area contributed by atoms with Crippen molar-refractivity contribution < 1.29 is 19.2 Å². The molecule has 0 unspecified atom stereocenters. The number of fused-ring (bicyclic) bond motifs is 5. The Morgan fingerprint density at radius 3 is 1.52 bits per heavy atom. The van der Waals surface area contributed by atoms with E-state index in [2.05, 4.69) is 19.9 Å². The first kappa shape index (κ1) is 23.7. The minimum Gasteiger partial charge on any atom is -0.268 e. The summed E-state index contributed by atoms with van der Waals surface area (Å²) in [6.07, 6.45) is 1.71. The molecule has 0 saturated carbocycles. The summed E-state index contributed by atoms with van der Waals surface area (Å²) in [6, 6.07) is 26.0. The van der Waals surface area contributed by atoms with Crippen molar-refractivity contribution in [3.63, 3.8) is 0 Å². The lowest BCUT2D eigenvalue weighted by atomic mass is 10.0. The van der Waals surface area contributed by atoms with Crippen LogP contribution in [0, 0.1) is 0 Å². The Morgan fingerprint density at radius 2 is 0.976 bits per heavy atom. The number of amides is 4. The van der Waals surface area contributed by atoms with Crippen LogP contribution in [0.3, 0.4) is 0 Å². The summed E-state index contributed by atoms with van der Waals surface area (Å²) < 4.78 is 0. The first-order chi connectivity index (χ1) is 20.5. The van der Waals surface area contributed by atoms with Crippen LogP contribution in [0.1, 0.15) is 41.4 Å². The van der Waals surface area contributed by atoms with Gasteiger partial charge in [-0.05, 0) is 35.7 Å². The second-order valence-electron chi connectivity index (χ2n) is 9.78. The first-order valence-corrected chi connectivity index (χ1v) is 13.0. The molecule has 4 aromatic carbocycles. The first-order valence-electron chi connectivity index (χ1n) is 13.0. The molecule has 10 nitrogen and oxygen atoms in total. The molecule has 0 aliphatic carbocycles. The number of benzene rings is 4. The number of rotatable bonds is 3. The van der Waals surface area contributed by atoms with E-state index in [1.165, 1.54) is 0 Å². The smallest absolute Gasteiger partial charge is 0.268 e. The lowest BCUT2D eigenvalue weighted by Gasteiger charge is -2.18. The van der Waals surface area contributed by atoms with Gasteiger partial charge in [-0.3, -0.25) is 24.2 Å². The molecule has 0 radical (unpaired) electrons. The molecule has 0 spiro atoms. The molecular weight excluding hydrogens is 532 g/mol. The van der Waals surface area contributed by atoms with Crippen LogP contribution in [-0.4, -0.2) is 43.6 Å². The number of anilines is 2. The Kier molecular flexibility index (Phi) is 4.89. The highest BCUT2D eigenvalue weighted by Crippen LogP contribution is 2.35. The van der Waals surface area contributed by atoms with Crippen molar-refractivity contribution in [2.45, 2.75) is 0 Å². The molecule has 6 aromatic rings. The number of carbonyl (C=O) groups excluding carboxylic acids is 4. The maximum Gasteiger partial charge on any atom is 0.268 e. The zero-order valence-corrected chi connectivity index (χ0v) is 21.6. The highest BCUT2D eigenvalue weighted by molar-refractivity contribution is 6.35. The van der Waals surface area contributed by atoms with Crippen LogP contribution in [0.2, 0.25) is 0 Å². The maximum absolute atomic E-state index is 13.4. The van der Waals surface area contributed by atoms with E-state index in [4.69, 9.17) is 0 Å². The van der Waals surface area contributed by atoms with Gasteiger partial charge in [-0.25, -0.2) is 9.80 Å². The van der Waals surface area contributed by atoms with Gasteiger partial charge in [0.2, 0.25) is 11.9 Å². The summed E-state index contributed by atoms with van der Waals surface area (Å²) in [6.45, 7) is 0. The van der Waals surface area contributed by atoms with Crippen LogP contribution in [0.5, 0.6) is 0 Å². The van der Waals surface area contributed by atoms with Crippen LogP contribution in [0.15, 0.2) is 97.2 Å². The fourth-order valence-corrected chi connectivity index (χ4v) is 5.51. The third-order valence-corrected chi connectivity index (χ3v) is 7.47. The number of imide groups is 2. The van der Waals surface area contributed by atoms with Crippen molar-refractivity contribution in [2.75, 3.05) is 9.80 Å². The van der Waals surface area contributed by atoms with Gasteiger partial charge in [-0.2, -0.15) is 15.0 Å². The van der Waals surface area contributed by atoms with Crippen LogP contribution in [-0.2, 0) is 0 Å². The number of hydrogen-bond acceptors (Lipinski definition) is 8. The van der Waals surface area contributed by atoms with Crippen LogP contribution >= 0.6 is 0 Å². The Hall–Kier alpha value is -6.16. The van der Waals surface area contributed by atoms with Gasteiger partial charge in [-0.1, -0.05) is 60.7 Å². The lowest BCUT2D eigenvalue weighted by molar-refractivity contribution is 0.0911. The molecule has 2 aliphatic rings. The van der Waals surface area contributed by atoms with Crippen molar-refractivity contribution >= 4 is 57.2 Å². The van der Waals surface area contributed by atoms with Gasteiger partial charge in [-0.15, -0.1) is 0 Å². The summed E-state index contributed by atoms with van der Waals surface area (Å²) in [5, 5.41) is 2.52. The molecule has 8 rings (SSSR count). The second kappa shape index (κ2) is 8.67. The zero-order valence-electron chi connectivity index (χ0n) is 21.6. The maximum atomic E-state index is 13.4. The van der Waals surface area contributed by atoms with Crippen LogP contribution in [0.4, 0.5) is 11.9 Å². The Labute approximate surface area is 236 Å². The summed E-state index contributed by atoms with van der Waals surface area (Å²) in [5.41, 5.74) is 2.12. The van der Waals surface area contributed by atoms with E-state index in [9.17, 15) is 19.2 Å². The van der Waals surface area contributed by atoms with Gasteiger partial charge in [0.05, 0.1) is 27.8 Å². The van der Waals surface area contributed by atoms with E-state index < -0.39 is 23.6 Å². The average Bonchev–Trinajstić information content (AvgIpc) is 3.44. The van der Waals surface area contributed by atoms with Crippen molar-refractivity contribution in [1.82, 2.24) is 19.9 Å². The normalized spacial score (nSPS) is 14.3. The SMILES string of the molecule is O=C1c2ccccc2C(=O)N1c1nc(-c2cccc3c2ccc2cccnc23)nc(N2C(=O)c3ccccc3C2=O)n1. The second-order valence-corrected chi connectivity index (χ2v) is 9.78. The molecule has 4 amide bonds. The number of carbonyl (C=O) groups is 4. The van der Waals surface area contributed by atoms with E-state index in [0.717, 1.165) is 31.5 Å². The van der Waals surface area contributed by atoms with Gasteiger partial charge in [0.15, 0.2) is 5.82 Å². The Morgan fingerprint density at radius 1 is 0.452 bits per heavy atom. The Balaban J connectivity index is 1.37. The standard InChI is InChI=1S/C32H16N6O4/c39-27-21-8-1-2-9-22(21)28(40)37(27)31-34-26(20-13-5-12-19-18(20)15-14-17-7-6-16-33-25(17)19)35-32(36-31)38-29(41)23-10-3-4-11-24(23)30(38)42/h1-16H. The molecule has 10 heteroatoms. The average molecular weight is 549 g/mol. The van der Waals surface area contributed by atoms with E-state index >= 15 is 0 Å². The number of hydrogen-bond donors (Lipinski definition) is 0. The molecule has 0 atom stereocenters. The summed E-state index contributed by atoms with van der Waals surface area (Å²) in [7, 11) is 0. The molecule has 0 fully saturated rings. The molecule has 198 valence electrons. The van der Waals surface area contributed by atoms with E-state index in [0.29, 0.717) is 5.56 Å². The monoisotopic (exact) mass is 548 g/mol. The summed E-state index contributed by atoms with van der Waals surface area (Å²) in [4.78, 5) is 73.3. The molecule has 0 N–H and O–H groups in total. The third-order valence-electron chi connectivity index (χ3n) is 7.47. The highest BCUT2D eigenvalue weighted by atomic mass is 16.2. The predicted molar refractivity (Wildman–Crippen MR) is 153 cm³/mol. The van der Waals surface area contributed by atoms with Crippen molar-refractivity contribution in [1.29, 1.82) is 0 Å². The molecule has 0 bridgehead atoms. The number of nitrogens with zero attached hydrogens (tertiary/aromatic N) is 6. The lowest BCUT2D eigenvalue weighted by Crippen LogP contribution is -2.35. The van der Waals surface area contributed by atoms with Gasteiger partial charge in [0.25, 0.3) is 23.6 Å². The molecule has 2 aromatic heterocycles. The quantitative estimate of drug-likeness (QED) is 0.227. The van der Waals surface area contributed by atoms with Crippen LogP contribution in [0.25, 0.3) is 33.1 Å². The fourth-order valence-electron chi connectivity index (χ4n) is 5.51. The minimum atomic E-state index is -0.617. The molecule has 0 saturated heterocycles. The van der Waals surface area contributed by atoms with E-state index in [1.807, 2.05) is 36.4 Å². The molecule has 2 aliphatic heterocycles. The van der Waals surface area contributed by atoms with Gasteiger partial charge >= 0.3 is 0 Å². The van der Waals surface area contributed by atoms with Crippen LogP contribution < -0.4 is 9.80 Å².